The number of unbranched alkanes of at least 4 members (excludes halogenated alkanes) is 4. The molecular weight excluding hydrogens is 321 g/mol. The van der Waals surface area contributed by atoms with E-state index in [1.807, 2.05) is 6.92 Å². The number of benzene rings is 1. The maximum atomic E-state index is 11.5. The zero-order chi connectivity index (χ0) is 18.4. The predicted octanol–water partition coefficient (Wildman–Crippen LogP) is 6.04. The Morgan fingerprint density at radius 3 is 2.12 bits per heavy atom. The summed E-state index contributed by atoms with van der Waals surface area (Å²) in [6.45, 7) is 4.14. The Hall–Kier alpha value is -1.72. The number of alkyl halides is 3. The molecule has 1 N–H and O–H groups in total. The lowest BCUT2D eigenvalue weighted by Crippen LogP contribution is -2.16. The van der Waals surface area contributed by atoms with Gasteiger partial charge in [-0.15, -0.1) is 13.2 Å². The third-order valence-corrected chi connectivity index (χ3v) is 3.47. The first kappa shape index (κ1) is 22.3. The fourth-order valence-corrected chi connectivity index (χ4v) is 2.12. The molecule has 1 atom stereocenters. The highest BCUT2D eigenvalue weighted by Gasteiger charge is 2.30. The van der Waals surface area contributed by atoms with E-state index < -0.39 is 12.3 Å². The molecule has 138 valence electrons. The molecule has 1 unspecified atom stereocenters. The summed E-state index contributed by atoms with van der Waals surface area (Å²) >= 11 is 0. The van der Waals surface area contributed by atoms with Crippen molar-refractivity contribution in [3.63, 3.8) is 0 Å². The van der Waals surface area contributed by atoms with Gasteiger partial charge < -0.3 is 9.84 Å². The molecule has 0 bridgehead atoms. The molecule has 0 aliphatic rings. The Morgan fingerprint density at radius 1 is 1.08 bits per heavy atom. The van der Waals surface area contributed by atoms with Gasteiger partial charge in [-0.05, 0) is 25.0 Å². The van der Waals surface area contributed by atoms with Crippen LogP contribution in [0.2, 0.25) is 0 Å². The number of halogens is 3. The fraction of sp³-hybridized carbons (Fsp3) is 0.611. The second-order valence-electron chi connectivity index (χ2n) is 5.51. The minimum atomic E-state index is -4.60. The first-order valence-electron chi connectivity index (χ1n) is 8.33. The lowest BCUT2D eigenvalue weighted by atomic mass is 9.98. The maximum Gasteiger partial charge on any atom is 0.573 e. The Labute approximate surface area is 141 Å². The Kier molecular flexibility index (Phi) is 11.8. The van der Waals surface area contributed by atoms with Gasteiger partial charge in [-0.25, -0.2) is 0 Å². The summed E-state index contributed by atoms with van der Waals surface area (Å²) in [5.41, 5.74) is 0. The molecule has 0 aliphatic carbocycles. The van der Waals surface area contributed by atoms with Gasteiger partial charge in [-0.1, -0.05) is 64.2 Å². The fourth-order valence-electron chi connectivity index (χ4n) is 2.12. The Morgan fingerprint density at radius 2 is 1.67 bits per heavy atom. The van der Waals surface area contributed by atoms with E-state index in [0.717, 1.165) is 19.3 Å². The quantitative estimate of drug-likeness (QED) is 0.553. The van der Waals surface area contributed by atoms with E-state index in [4.69, 9.17) is 5.11 Å². The standard InChI is InChI=1S/C11H22O2.C7H5F3O/c1-3-5-6-7-8-9-10(4-2)11(12)13;8-7(9,10)11-6-4-2-1-3-5-6/h10H,3-9H2,1-2H3,(H,12,13);1-5H. The van der Waals surface area contributed by atoms with Crippen molar-refractivity contribution in [2.75, 3.05) is 0 Å². The summed E-state index contributed by atoms with van der Waals surface area (Å²) < 4.78 is 38.2. The van der Waals surface area contributed by atoms with Crippen LogP contribution in [0.1, 0.15) is 58.8 Å². The molecule has 0 heterocycles. The minimum Gasteiger partial charge on any atom is -0.481 e. The number of ether oxygens (including phenoxy) is 1. The molecule has 0 amide bonds. The van der Waals surface area contributed by atoms with Crippen LogP contribution in [0.15, 0.2) is 30.3 Å². The first-order chi connectivity index (χ1) is 11.3. The molecule has 3 nitrogen and oxygen atoms in total. The summed E-state index contributed by atoms with van der Waals surface area (Å²) in [5.74, 6) is -0.931. The molecule has 1 aromatic rings. The lowest BCUT2D eigenvalue weighted by molar-refractivity contribution is -0.274. The summed E-state index contributed by atoms with van der Waals surface area (Å²) in [7, 11) is 0. The smallest absolute Gasteiger partial charge is 0.481 e. The molecule has 24 heavy (non-hydrogen) atoms. The number of carboxylic acid groups (broad SMARTS) is 1. The molecule has 0 aliphatic heterocycles. The third-order valence-electron chi connectivity index (χ3n) is 3.47. The van der Waals surface area contributed by atoms with Crippen molar-refractivity contribution in [1.82, 2.24) is 0 Å². The number of para-hydroxylation sites is 1. The summed E-state index contributed by atoms with van der Waals surface area (Å²) in [5, 5.41) is 8.78. The summed E-state index contributed by atoms with van der Waals surface area (Å²) in [6.07, 6.45) is 3.08. The summed E-state index contributed by atoms with van der Waals surface area (Å²) in [6, 6.07) is 7.05. The molecule has 1 aromatic carbocycles. The zero-order valence-electron chi connectivity index (χ0n) is 14.3. The van der Waals surface area contributed by atoms with Gasteiger partial charge in [-0.2, -0.15) is 0 Å². The van der Waals surface area contributed by atoms with E-state index in [9.17, 15) is 18.0 Å². The second-order valence-corrected chi connectivity index (χ2v) is 5.51. The van der Waals surface area contributed by atoms with E-state index >= 15 is 0 Å². The number of carboxylic acids is 1. The van der Waals surface area contributed by atoms with Crippen molar-refractivity contribution < 1.29 is 27.8 Å². The number of rotatable bonds is 9. The van der Waals surface area contributed by atoms with E-state index in [0.29, 0.717) is 0 Å². The van der Waals surface area contributed by atoms with Gasteiger partial charge in [0.15, 0.2) is 0 Å². The zero-order valence-corrected chi connectivity index (χ0v) is 14.3. The first-order valence-corrected chi connectivity index (χ1v) is 8.33. The number of aliphatic carboxylic acids is 1. The van der Waals surface area contributed by atoms with Crippen LogP contribution in [0.5, 0.6) is 5.75 Å². The topological polar surface area (TPSA) is 46.5 Å². The molecule has 0 saturated heterocycles. The monoisotopic (exact) mass is 348 g/mol. The van der Waals surface area contributed by atoms with E-state index in [2.05, 4.69) is 11.7 Å². The normalized spacial score (nSPS) is 12.0. The average Bonchev–Trinajstić information content (AvgIpc) is 2.50. The molecule has 0 fully saturated rings. The van der Waals surface area contributed by atoms with Gasteiger partial charge >= 0.3 is 12.3 Å². The van der Waals surface area contributed by atoms with Crippen molar-refractivity contribution >= 4 is 5.97 Å². The van der Waals surface area contributed by atoms with Crippen LogP contribution >= 0.6 is 0 Å². The lowest BCUT2D eigenvalue weighted by Gasteiger charge is -2.08. The van der Waals surface area contributed by atoms with Crippen molar-refractivity contribution in [2.45, 2.75) is 65.2 Å². The molecule has 0 spiro atoms. The molecule has 1 rings (SSSR count). The number of carbonyl (C=O) groups is 1. The molecule has 6 heteroatoms. The van der Waals surface area contributed by atoms with Crippen LogP contribution in [-0.4, -0.2) is 17.4 Å². The molecule has 0 radical (unpaired) electrons. The van der Waals surface area contributed by atoms with Crippen LogP contribution in [0.25, 0.3) is 0 Å². The van der Waals surface area contributed by atoms with Crippen molar-refractivity contribution in [3.05, 3.63) is 30.3 Å². The molecular formula is C18H27F3O3. The van der Waals surface area contributed by atoms with E-state index in [-0.39, 0.29) is 11.7 Å². The van der Waals surface area contributed by atoms with Crippen molar-refractivity contribution in [3.8, 4) is 5.75 Å². The summed E-state index contributed by atoms with van der Waals surface area (Å²) in [4.78, 5) is 10.7. The predicted molar refractivity (Wildman–Crippen MR) is 87.9 cm³/mol. The van der Waals surface area contributed by atoms with Crippen molar-refractivity contribution in [1.29, 1.82) is 0 Å². The highest BCUT2D eigenvalue weighted by atomic mass is 19.4. The third kappa shape index (κ3) is 12.8. The second kappa shape index (κ2) is 12.7. The maximum absolute atomic E-state index is 11.5. The van der Waals surface area contributed by atoms with Crippen LogP contribution in [0.4, 0.5) is 13.2 Å². The van der Waals surface area contributed by atoms with Gasteiger partial charge in [0.2, 0.25) is 0 Å². The van der Waals surface area contributed by atoms with Gasteiger partial charge in [0.1, 0.15) is 5.75 Å². The van der Waals surface area contributed by atoms with Gasteiger partial charge in [-0.3, -0.25) is 4.79 Å². The van der Waals surface area contributed by atoms with Crippen LogP contribution in [0, 0.1) is 5.92 Å². The minimum absolute atomic E-state index is 0.110. The van der Waals surface area contributed by atoms with Gasteiger partial charge in [0.05, 0.1) is 5.92 Å². The van der Waals surface area contributed by atoms with Gasteiger partial charge in [0.25, 0.3) is 0 Å². The number of hydrogen-bond acceptors (Lipinski definition) is 2. The Bertz CT molecular complexity index is 433. The SMILES string of the molecule is CCCCCCCC(CC)C(=O)O.FC(F)(F)Oc1ccccc1. The van der Waals surface area contributed by atoms with Crippen LogP contribution in [0.3, 0.4) is 0 Å². The Balaban J connectivity index is 0.000000446. The van der Waals surface area contributed by atoms with Crippen LogP contribution < -0.4 is 4.74 Å². The van der Waals surface area contributed by atoms with Crippen LogP contribution in [-0.2, 0) is 4.79 Å². The molecule has 0 saturated carbocycles. The largest absolute Gasteiger partial charge is 0.573 e. The average molecular weight is 348 g/mol. The van der Waals surface area contributed by atoms with E-state index in [1.54, 1.807) is 6.07 Å². The highest BCUT2D eigenvalue weighted by molar-refractivity contribution is 5.69. The highest BCUT2D eigenvalue weighted by Crippen LogP contribution is 2.21. The number of hydrogen-bond donors (Lipinski definition) is 1. The van der Waals surface area contributed by atoms with E-state index in [1.165, 1.54) is 49.9 Å². The van der Waals surface area contributed by atoms with Crippen molar-refractivity contribution in [2.24, 2.45) is 5.92 Å². The molecule has 0 aromatic heterocycles. The van der Waals surface area contributed by atoms with Gasteiger partial charge in [0, 0.05) is 0 Å².